The predicted molar refractivity (Wildman–Crippen MR) is 59.2 cm³/mol. The third-order valence-corrected chi connectivity index (χ3v) is 1.92. The fraction of sp³-hybridized carbons (Fsp3) is 0.200. The maximum atomic E-state index is 10.8. The molecule has 0 spiro atoms. The van der Waals surface area contributed by atoms with Crippen LogP contribution in [0.3, 0.4) is 0 Å². The van der Waals surface area contributed by atoms with Gasteiger partial charge >= 0.3 is 5.97 Å². The summed E-state index contributed by atoms with van der Waals surface area (Å²) in [6, 6.07) is 3.19. The van der Waals surface area contributed by atoms with Crippen molar-refractivity contribution in [1.29, 1.82) is 0 Å². The van der Waals surface area contributed by atoms with Crippen LogP contribution in [0.4, 0.5) is 0 Å². The number of aromatic carboxylic acids is 1. The molecule has 0 aromatic carbocycles. The molecular formula is C10H11ClN2O2. The summed E-state index contributed by atoms with van der Waals surface area (Å²) in [7, 11) is 1.81. The molecular weight excluding hydrogens is 216 g/mol. The zero-order valence-corrected chi connectivity index (χ0v) is 8.95. The van der Waals surface area contributed by atoms with Crippen LogP contribution in [0.25, 0.3) is 6.08 Å². The molecule has 0 saturated carbocycles. The molecule has 15 heavy (non-hydrogen) atoms. The van der Waals surface area contributed by atoms with Gasteiger partial charge in [-0.1, -0.05) is 23.8 Å². The van der Waals surface area contributed by atoms with Crippen molar-refractivity contribution < 1.29 is 9.90 Å². The number of nitrogens with zero attached hydrogens (tertiary/aromatic N) is 1. The van der Waals surface area contributed by atoms with E-state index in [1.807, 2.05) is 13.1 Å². The van der Waals surface area contributed by atoms with Crippen molar-refractivity contribution in [2.45, 2.75) is 0 Å². The minimum Gasteiger partial charge on any atom is -0.476 e. The first-order valence-corrected chi connectivity index (χ1v) is 4.74. The van der Waals surface area contributed by atoms with E-state index in [0.29, 0.717) is 12.1 Å². The number of carboxylic acid groups (broad SMARTS) is 1. The van der Waals surface area contributed by atoms with Gasteiger partial charge in [-0.15, -0.1) is 0 Å². The van der Waals surface area contributed by atoms with Gasteiger partial charge in [-0.05, 0) is 19.2 Å². The standard InChI is InChI=1S/C10H11ClN2O2/c1-12-6-2-3-7-4-5-8(11)13-9(7)10(14)15/h2-5,12H,6H2,1H3,(H,14,15). The summed E-state index contributed by atoms with van der Waals surface area (Å²) in [6.45, 7) is 0.668. The maximum absolute atomic E-state index is 10.8. The summed E-state index contributed by atoms with van der Waals surface area (Å²) in [4.78, 5) is 14.6. The Labute approximate surface area is 92.6 Å². The first-order valence-electron chi connectivity index (χ1n) is 4.36. The summed E-state index contributed by atoms with van der Waals surface area (Å²) in [6.07, 6.45) is 3.51. The molecule has 1 heterocycles. The van der Waals surface area contributed by atoms with Crippen LogP contribution in [0.1, 0.15) is 16.1 Å². The smallest absolute Gasteiger partial charge is 0.355 e. The van der Waals surface area contributed by atoms with Gasteiger partial charge < -0.3 is 10.4 Å². The highest BCUT2D eigenvalue weighted by atomic mass is 35.5. The minimum absolute atomic E-state index is 0.0325. The van der Waals surface area contributed by atoms with Crippen molar-refractivity contribution in [2.75, 3.05) is 13.6 Å². The number of carbonyl (C=O) groups is 1. The van der Waals surface area contributed by atoms with Gasteiger partial charge in [-0.2, -0.15) is 0 Å². The van der Waals surface area contributed by atoms with Crippen molar-refractivity contribution in [3.63, 3.8) is 0 Å². The molecule has 0 radical (unpaired) electrons. The maximum Gasteiger partial charge on any atom is 0.355 e. The molecule has 0 bridgehead atoms. The van der Waals surface area contributed by atoms with Crippen molar-refractivity contribution in [2.24, 2.45) is 0 Å². The van der Waals surface area contributed by atoms with E-state index in [-0.39, 0.29) is 10.8 Å². The Morgan fingerprint density at radius 3 is 3.00 bits per heavy atom. The lowest BCUT2D eigenvalue weighted by atomic mass is 10.2. The van der Waals surface area contributed by atoms with E-state index in [4.69, 9.17) is 16.7 Å². The molecule has 80 valence electrons. The highest BCUT2D eigenvalue weighted by Crippen LogP contribution is 2.13. The lowest BCUT2D eigenvalue weighted by molar-refractivity contribution is 0.0690. The monoisotopic (exact) mass is 226 g/mol. The van der Waals surface area contributed by atoms with Gasteiger partial charge in [0.15, 0.2) is 5.69 Å². The van der Waals surface area contributed by atoms with E-state index in [2.05, 4.69) is 10.3 Å². The number of likely N-dealkylation sites (N-methyl/N-ethyl adjacent to an activating group) is 1. The Bertz CT molecular complexity index is 391. The predicted octanol–water partition coefficient (Wildman–Crippen LogP) is 1.67. The average Bonchev–Trinajstić information content (AvgIpc) is 2.20. The average molecular weight is 227 g/mol. The van der Waals surface area contributed by atoms with Crippen molar-refractivity contribution in [3.05, 3.63) is 34.6 Å². The van der Waals surface area contributed by atoms with E-state index < -0.39 is 5.97 Å². The normalized spacial score (nSPS) is 10.8. The lowest BCUT2D eigenvalue weighted by Gasteiger charge is -2.00. The zero-order valence-electron chi connectivity index (χ0n) is 8.20. The number of pyridine rings is 1. The molecule has 0 amide bonds. The van der Waals surface area contributed by atoms with Gasteiger partial charge in [0.1, 0.15) is 5.15 Å². The molecule has 5 heteroatoms. The van der Waals surface area contributed by atoms with Crippen LogP contribution in [0, 0.1) is 0 Å². The summed E-state index contributed by atoms with van der Waals surface area (Å²) in [5.41, 5.74) is 0.511. The van der Waals surface area contributed by atoms with E-state index in [1.165, 1.54) is 0 Å². The lowest BCUT2D eigenvalue weighted by Crippen LogP contribution is -2.05. The molecule has 0 fully saturated rings. The van der Waals surface area contributed by atoms with Gasteiger partial charge in [0.25, 0.3) is 0 Å². The summed E-state index contributed by atoms with van der Waals surface area (Å²) in [5.74, 6) is -1.08. The number of aromatic nitrogens is 1. The number of nitrogens with one attached hydrogen (secondary N) is 1. The summed E-state index contributed by atoms with van der Waals surface area (Å²) >= 11 is 5.61. The number of rotatable bonds is 4. The van der Waals surface area contributed by atoms with Crippen LogP contribution in [-0.4, -0.2) is 29.7 Å². The van der Waals surface area contributed by atoms with Crippen LogP contribution < -0.4 is 5.32 Å². The quantitative estimate of drug-likeness (QED) is 0.767. The molecule has 0 aliphatic rings. The second-order valence-electron chi connectivity index (χ2n) is 2.84. The highest BCUT2D eigenvalue weighted by molar-refractivity contribution is 6.29. The van der Waals surface area contributed by atoms with E-state index in [9.17, 15) is 4.79 Å². The third-order valence-electron chi connectivity index (χ3n) is 1.71. The fourth-order valence-electron chi connectivity index (χ4n) is 1.06. The number of carboxylic acids is 1. The van der Waals surface area contributed by atoms with Crippen molar-refractivity contribution >= 4 is 23.6 Å². The molecule has 4 nitrogen and oxygen atoms in total. The first kappa shape index (κ1) is 11.7. The van der Waals surface area contributed by atoms with E-state index >= 15 is 0 Å². The summed E-state index contributed by atoms with van der Waals surface area (Å²) < 4.78 is 0. The minimum atomic E-state index is -1.08. The fourth-order valence-corrected chi connectivity index (χ4v) is 1.20. The van der Waals surface area contributed by atoms with Gasteiger partial charge in [0.2, 0.25) is 0 Å². The van der Waals surface area contributed by atoms with Crippen LogP contribution in [0.15, 0.2) is 18.2 Å². The second kappa shape index (κ2) is 5.48. The Kier molecular flexibility index (Phi) is 4.27. The SMILES string of the molecule is CNCC=Cc1ccc(Cl)nc1C(=O)O. The third kappa shape index (κ3) is 3.34. The molecule has 0 unspecified atom stereocenters. The molecule has 0 aliphatic heterocycles. The van der Waals surface area contributed by atoms with Gasteiger partial charge in [-0.25, -0.2) is 9.78 Å². The summed E-state index contributed by atoms with van der Waals surface area (Å²) in [5, 5.41) is 12.0. The molecule has 0 atom stereocenters. The molecule has 1 rings (SSSR count). The zero-order chi connectivity index (χ0) is 11.3. The molecule has 2 N–H and O–H groups in total. The van der Waals surface area contributed by atoms with Crippen molar-refractivity contribution in [3.8, 4) is 0 Å². The molecule has 0 aliphatic carbocycles. The Balaban J connectivity index is 3.01. The van der Waals surface area contributed by atoms with E-state index in [0.717, 1.165) is 0 Å². The number of hydrogen-bond acceptors (Lipinski definition) is 3. The van der Waals surface area contributed by atoms with Gasteiger partial charge in [0, 0.05) is 12.1 Å². The Morgan fingerprint density at radius 2 is 2.40 bits per heavy atom. The van der Waals surface area contributed by atoms with Crippen LogP contribution in [0.5, 0.6) is 0 Å². The van der Waals surface area contributed by atoms with Crippen LogP contribution in [0.2, 0.25) is 5.15 Å². The Morgan fingerprint density at radius 1 is 1.67 bits per heavy atom. The van der Waals surface area contributed by atoms with Crippen molar-refractivity contribution in [1.82, 2.24) is 10.3 Å². The van der Waals surface area contributed by atoms with Crippen LogP contribution >= 0.6 is 11.6 Å². The largest absolute Gasteiger partial charge is 0.476 e. The second-order valence-corrected chi connectivity index (χ2v) is 3.22. The first-order chi connectivity index (χ1) is 7.15. The topological polar surface area (TPSA) is 62.2 Å². The highest BCUT2D eigenvalue weighted by Gasteiger charge is 2.09. The van der Waals surface area contributed by atoms with Gasteiger partial charge in [-0.3, -0.25) is 0 Å². The molecule has 1 aromatic heterocycles. The van der Waals surface area contributed by atoms with Crippen LogP contribution in [-0.2, 0) is 0 Å². The molecule has 0 saturated heterocycles. The molecule has 1 aromatic rings. The number of halogens is 1. The van der Waals surface area contributed by atoms with Gasteiger partial charge in [0.05, 0.1) is 0 Å². The van der Waals surface area contributed by atoms with E-state index in [1.54, 1.807) is 18.2 Å². The number of hydrogen-bond donors (Lipinski definition) is 2. The Hall–Kier alpha value is -1.39.